The Labute approximate surface area is 144 Å². The molecule has 0 aliphatic rings. The molecule has 112 valence electrons. The molecule has 0 bridgehead atoms. The Kier molecular flexibility index (Phi) is 5.88. The van der Waals surface area contributed by atoms with Crippen molar-refractivity contribution in [3.63, 3.8) is 0 Å². The number of halogens is 2. The van der Waals surface area contributed by atoms with E-state index in [0.717, 1.165) is 21.1 Å². The Bertz CT molecular complexity index is 591. The molecule has 1 N–H and O–H groups in total. The second kappa shape index (κ2) is 7.46. The van der Waals surface area contributed by atoms with Crippen LogP contribution >= 0.6 is 31.9 Å². The third kappa shape index (κ3) is 4.86. The second-order valence-corrected chi connectivity index (χ2v) is 7.60. The van der Waals surface area contributed by atoms with E-state index in [-0.39, 0.29) is 6.04 Å². The van der Waals surface area contributed by atoms with Gasteiger partial charge in [0.15, 0.2) is 0 Å². The van der Waals surface area contributed by atoms with Crippen LogP contribution in [0, 0.1) is 5.92 Å². The molecular formula is C18H21Br2N. The quantitative estimate of drug-likeness (QED) is 0.586. The zero-order valence-electron chi connectivity index (χ0n) is 12.7. The lowest BCUT2D eigenvalue weighted by Crippen LogP contribution is -2.07. The second-order valence-electron chi connectivity index (χ2n) is 5.83. The number of hydrogen-bond acceptors (Lipinski definition) is 1. The fourth-order valence-electron chi connectivity index (χ4n) is 2.34. The van der Waals surface area contributed by atoms with Crippen molar-refractivity contribution < 1.29 is 0 Å². The number of anilines is 1. The summed E-state index contributed by atoms with van der Waals surface area (Å²) in [5.41, 5.74) is 3.81. The number of nitrogens with one attached hydrogen (secondary N) is 1. The van der Waals surface area contributed by atoms with Crippen LogP contribution in [0.15, 0.2) is 51.4 Å². The summed E-state index contributed by atoms with van der Waals surface area (Å²) >= 11 is 7.10. The number of hydrogen-bond donors (Lipinski definition) is 1. The first kappa shape index (κ1) is 16.6. The van der Waals surface area contributed by atoms with Gasteiger partial charge in [-0.25, -0.2) is 0 Å². The van der Waals surface area contributed by atoms with Gasteiger partial charge in [-0.2, -0.15) is 0 Å². The van der Waals surface area contributed by atoms with Gasteiger partial charge in [-0.05, 0) is 64.5 Å². The minimum atomic E-state index is 0.267. The van der Waals surface area contributed by atoms with Crippen molar-refractivity contribution in [2.24, 2.45) is 5.92 Å². The zero-order valence-corrected chi connectivity index (χ0v) is 15.8. The van der Waals surface area contributed by atoms with Gasteiger partial charge in [0.2, 0.25) is 0 Å². The highest BCUT2D eigenvalue weighted by molar-refractivity contribution is 9.11. The molecule has 0 saturated heterocycles. The molecule has 0 saturated carbocycles. The highest BCUT2D eigenvalue weighted by Gasteiger charge is 2.08. The summed E-state index contributed by atoms with van der Waals surface area (Å²) < 4.78 is 2.15. The maximum atomic E-state index is 3.59. The average Bonchev–Trinajstić information content (AvgIpc) is 2.43. The summed E-state index contributed by atoms with van der Waals surface area (Å²) in [4.78, 5) is 0. The first-order chi connectivity index (χ1) is 9.95. The smallest absolute Gasteiger partial charge is 0.0500 e. The van der Waals surface area contributed by atoms with Crippen molar-refractivity contribution in [2.75, 3.05) is 5.32 Å². The van der Waals surface area contributed by atoms with Crippen molar-refractivity contribution in [2.45, 2.75) is 33.2 Å². The molecule has 0 aromatic heterocycles. The summed E-state index contributed by atoms with van der Waals surface area (Å²) in [5, 5.41) is 3.55. The molecule has 1 atom stereocenters. The van der Waals surface area contributed by atoms with Gasteiger partial charge in [-0.3, -0.25) is 0 Å². The van der Waals surface area contributed by atoms with Crippen LogP contribution in [0.4, 0.5) is 5.69 Å². The number of benzene rings is 2. The molecule has 0 heterocycles. The largest absolute Gasteiger partial charge is 0.378 e. The average molecular weight is 411 g/mol. The summed E-state index contributed by atoms with van der Waals surface area (Å²) in [5.74, 6) is 0.698. The summed E-state index contributed by atoms with van der Waals surface area (Å²) in [6.07, 6.45) is 1.14. The van der Waals surface area contributed by atoms with Gasteiger partial charge in [-0.1, -0.05) is 54.0 Å². The normalized spacial score (nSPS) is 12.5. The molecule has 2 rings (SSSR count). The van der Waals surface area contributed by atoms with E-state index in [1.165, 1.54) is 11.1 Å². The lowest BCUT2D eigenvalue weighted by molar-refractivity contribution is 0.647. The van der Waals surface area contributed by atoms with Gasteiger partial charge in [-0.15, -0.1) is 0 Å². The molecule has 0 amide bonds. The zero-order chi connectivity index (χ0) is 15.4. The molecule has 0 aliphatic carbocycles. The van der Waals surface area contributed by atoms with E-state index in [4.69, 9.17) is 0 Å². The van der Waals surface area contributed by atoms with E-state index in [2.05, 4.69) is 88.3 Å². The van der Waals surface area contributed by atoms with E-state index in [1.54, 1.807) is 0 Å². The molecule has 0 aliphatic heterocycles. The molecule has 0 fully saturated rings. The third-order valence-corrected chi connectivity index (χ3v) is 4.61. The van der Waals surface area contributed by atoms with Crippen LogP contribution in [0.25, 0.3) is 0 Å². The summed E-state index contributed by atoms with van der Waals surface area (Å²) in [6.45, 7) is 6.69. The monoisotopic (exact) mass is 409 g/mol. The van der Waals surface area contributed by atoms with E-state index >= 15 is 0 Å². The Balaban J connectivity index is 2.09. The molecule has 1 unspecified atom stereocenters. The fraction of sp³-hybridized carbons (Fsp3) is 0.333. The summed E-state index contributed by atoms with van der Waals surface area (Å²) in [7, 11) is 0. The first-order valence-electron chi connectivity index (χ1n) is 7.26. The van der Waals surface area contributed by atoms with Crippen LogP contribution in [0.1, 0.15) is 37.9 Å². The van der Waals surface area contributed by atoms with E-state index in [0.29, 0.717) is 5.92 Å². The molecule has 0 radical (unpaired) electrons. The van der Waals surface area contributed by atoms with Gasteiger partial charge in [0.25, 0.3) is 0 Å². The van der Waals surface area contributed by atoms with Crippen LogP contribution in [-0.4, -0.2) is 0 Å². The maximum Gasteiger partial charge on any atom is 0.0500 e. The molecule has 1 nitrogen and oxygen atoms in total. The van der Waals surface area contributed by atoms with Crippen molar-refractivity contribution in [1.82, 2.24) is 0 Å². The van der Waals surface area contributed by atoms with Crippen LogP contribution in [0.5, 0.6) is 0 Å². The molecular weight excluding hydrogens is 390 g/mol. The number of rotatable bonds is 5. The predicted molar refractivity (Wildman–Crippen MR) is 98.9 cm³/mol. The van der Waals surface area contributed by atoms with Crippen molar-refractivity contribution in [3.8, 4) is 0 Å². The van der Waals surface area contributed by atoms with Gasteiger partial charge in [0.1, 0.15) is 0 Å². The molecule has 2 aromatic rings. The Morgan fingerprint density at radius 1 is 0.952 bits per heavy atom. The minimum absolute atomic E-state index is 0.267. The lowest BCUT2D eigenvalue weighted by atomic mass is 10.00. The van der Waals surface area contributed by atoms with Crippen LogP contribution in [0.3, 0.4) is 0 Å². The van der Waals surface area contributed by atoms with E-state index in [1.807, 2.05) is 12.1 Å². The molecule has 3 heteroatoms. The first-order valence-corrected chi connectivity index (χ1v) is 8.84. The van der Waals surface area contributed by atoms with Gasteiger partial charge >= 0.3 is 0 Å². The van der Waals surface area contributed by atoms with Gasteiger partial charge in [0.05, 0.1) is 5.69 Å². The van der Waals surface area contributed by atoms with Gasteiger partial charge < -0.3 is 5.32 Å². The maximum absolute atomic E-state index is 3.59. The minimum Gasteiger partial charge on any atom is -0.378 e. The van der Waals surface area contributed by atoms with Crippen molar-refractivity contribution in [1.29, 1.82) is 0 Å². The SMILES string of the molecule is CC(C)Cc1ccc(C(C)Nc2cc(Br)ccc2Br)cc1. The fourth-order valence-corrected chi connectivity index (χ4v) is 3.06. The predicted octanol–water partition coefficient (Wildman–Crippen LogP) is 6.58. The molecule has 21 heavy (non-hydrogen) atoms. The van der Waals surface area contributed by atoms with Crippen LogP contribution in [0.2, 0.25) is 0 Å². The van der Waals surface area contributed by atoms with Crippen LogP contribution < -0.4 is 5.32 Å². The highest BCUT2D eigenvalue weighted by Crippen LogP contribution is 2.29. The van der Waals surface area contributed by atoms with E-state index < -0.39 is 0 Å². The summed E-state index contributed by atoms with van der Waals surface area (Å²) in [6, 6.07) is 15.4. The van der Waals surface area contributed by atoms with Crippen molar-refractivity contribution in [3.05, 3.63) is 62.5 Å². The Morgan fingerprint density at radius 2 is 1.62 bits per heavy atom. The lowest BCUT2D eigenvalue weighted by Gasteiger charge is -2.18. The standard InChI is InChI=1S/C18H21Br2N/c1-12(2)10-14-4-6-15(7-5-14)13(3)21-18-11-16(19)8-9-17(18)20/h4-9,11-13,21H,10H2,1-3H3. The van der Waals surface area contributed by atoms with Crippen LogP contribution in [-0.2, 0) is 6.42 Å². The van der Waals surface area contributed by atoms with Crippen molar-refractivity contribution >= 4 is 37.5 Å². The topological polar surface area (TPSA) is 12.0 Å². The van der Waals surface area contributed by atoms with E-state index in [9.17, 15) is 0 Å². The Hall–Kier alpha value is -0.800. The third-order valence-electron chi connectivity index (χ3n) is 3.42. The van der Waals surface area contributed by atoms with Gasteiger partial charge in [0, 0.05) is 15.0 Å². The molecule has 2 aromatic carbocycles. The highest BCUT2D eigenvalue weighted by atomic mass is 79.9. The Morgan fingerprint density at radius 3 is 2.24 bits per heavy atom. The molecule has 0 spiro atoms.